The molecule has 0 aliphatic heterocycles. The minimum atomic E-state index is -0.269. The molecule has 0 saturated heterocycles. The lowest BCUT2D eigenvalue weighted by Crippen LogP contribution is -2.48. The van der Waals surface area contributed by atoms with Crippen molar-refractivity contribution in [1.82, 2.24) is 16.0 Å². The van der Waals surface area contributed by atoms with E-state index in [0.29, 0.717) is 31.4 Å². The molecule has 164 valence electrons. The van der Waals surface area contributed by atoms with Crippen molar-refractivity contribution in [1.29, 1.82) is 0 Å². The van der Waals surface area contributed by atoms with Crippen LogP contribution in [-0.4, -0.2) is 36.4 Å². The summed E-state index contributed by atoms with van der Waals surface area (Å²) in [6.45, 7) is 13.1. The van der Waals surface area contributed by atoms with E-state index in [9.17, 15) is 9.59 Å². The molecule has 0 fully saturated rings. The molecule has 0 unspecified atom stereocenters. The molecule has 0 aromatic heterocycles. The zero-order valence-electron chi connectivity index (χ0n) is 18.4. The van der Waals surface area contributed by atoms with E-state index in [1.54, 1.807) is 0 Å². The van der Waals surface area contributed by atoms with Crippen LogP contribution in [0.5, 0.6) is 0 Å². The van der Waals surface area contributed by atoms with Crippen LogP contribution in [0.4, 0.5) is 5.69 Å². The second-order valence-electron chi connectivity index (χ2n) is 8.19. The fourth-order valence-corrected chi connectivity index (χ4v) is 2.47. The number of amides is 2. The first-order valence-electron chi connectivity index (χ1n) is 9.81. The SMILES string of the molecule is CCNC(=NCc1cccc(NC(=O)CC(C)C)c1)NCC(=O)NC(C)(C)C.I. The first-order chi connectivity index (χ1) is 13.1. The van der Waals surface area contributed by atoms with Gasteiger partial charge in [-0.2, -0.15) is 0 Å². The van der Waals surface area contributed by atoms with Crippen molar-refractivity contribution < 1.29 is 9.59 Å². The van der Waals surface area contributed by atoms with Crippen LogP contribution in [0.3, 0.4) is 0 Å². The van der Waals surface area contributed by atoms with Gasteiger partial charge in [0.15, 0.2) is 5.96 Å². The maximum Gasteiger partial charge on any atom is 0.239 e. The fraction of sp³-hybridized carbons (Fsp3) is 0.571. The molecule has 0 bridgehead atoms. The zero-order valence-corrected chi connectivity index (χ0v) is 20.7. The molecule has 1 aromatic rings. The van der Waals surface area contributed by atoms with Crippen LogP contribution < -0.4 is 21.3 Å². The average molecular weight is 517 g/mol. The number of anilines is 1. The number of hydrogen-bond donors (Lipinski definition) is 4. The van der Waals surface area contributed by atoms with Gasteiger partial charge in [-0.15, -0.1) is 24.0 Å². The van der Waals surface area contributed by atoms with E-state index >= 15 is 0 Å². The van der Waals surface area contributed by atoms with E-state index in [2.05, 4.69) is 26.3 Å². The van der Waals surface area contributed by atoms with Gasteiger partial charge in [0.2, 0.25) is 11.8 Å². The lowest BCUT2D eigenvalue weighted by Gasteiger charge is -2.21. The van der Waals surface area contributed by atoms with E-state index in [1.165, 1.54) is 0 Å². The van der Waals surface area contributed by atoms with E-state index in [1.807, 2.05) is 65.8 Å². The predicted molar refractivity (Wildman–Crippen MR) is 131 cm³/mol. The Labute approximate surface area is 191 Å². The summed E-state index contributed by atoms with van der Waals surface area (Å²) in [5, 5.41) is 12.0. The number of benzene rings is 1. The van der Waals surface area contributed by atoms with Crippen LogP contribution in [0.2, 0.25) is 0 Å². The van der Waals surface area contributed by atoms with Crippen molar-refractivity contribution in [3.63, 3.8) is 0 Å². The van der Waals surface area contributed by atoms with Crippen LogP contribution in [0.25, 0.3) is 0 Å². The number of rotatable bonds is 8. The summed E-state index contributed by atoms with van der Waals surface area (Å²) in [6, 6.07) is 7.63. The van der Waals surface area contributed by atoms with E-state index in [-0.39, 0.29) is 47.9 Å². The highest BCUT2D eigenvalue weighted by molar-refractivity contribution is 14.0. The Balaban J connectivity index is 0.00000784. The van der Waals surface area contributed by atoms with Crippen LogP contribution in [-0.2, 0) is 16.1 Å². The van der Waals surface area contributed by atoms with E-state index in [0.717, 1.165) is 11.3 Å². The highest BCUT2D eigenvalue weighted by atomic mass is 127. The molecule has 1 aromatic carbocycles. The summed E-state index contributed by atoms with van der Waals surface area (Å²) in [5.74, 6) is 0.807. The van der Waals surface area contributed by atoms with E-state index < -0.39 is 0 Å². The summed E-state index contributed by atoms with van der Waals surface area (Å²) in [6.07, 6.45) is 0.494. The van der Waals surface area contributed by atoms with Gasteiger partial charge in [-0.25, -0.2) is 4.99 Å². The maximum atomic E-state index is 12.0. The number of aliphatic imine (C=N–C) groups is 1. The van der Waals surface area contributed by atoms with E-state index in [4.69, 9.17) is 0 Å². The number of nitrogens with one attached hydrogen (secondary N) is 4. The summed E-state index contributed by atoms with van der Waals surface area (Å²) < 4.78 is 0. The first kappa shape index (κ1) is 27.2. The van der Waals surface area contributed by atoms with Crippen LogP contribution in [0.1, 0.15) is 53.5 Å². The van der Waals surface area contributed by atoms with Gasteiger partial charge in [-0.1, -0.05) is 26.0 Å². The monoisotopic (exact) mass is 517 g/mol. The normalized spacial score (nSPS) is 11.5. The molecule has 0 radical (unpaired) electrons. The number of guanidine groups is 1. The minimum absolute atomic E-state index is 0. The third-order valence-corrected chi connectivity index (χ3v) is 3.50. The molecule has 0 aliphatic carbocycles. The first-order valence-corrected chi connectivity index (χ1v) is 9.81. The molecular weight excluding hydrogens is 481 g/mol. The van der Waals surface area contributed by atoms with Gasteiger partial charge in [-0.3, -0.25) is 9.59 Å². The van der Waals surface area contributed by atoms with Gasteiger partial charge in [0, 0.05) is 24.2 Å². The molecule has 0 aliphatic rings. The Morgan fingerprint density at radius 2 is 1.79 bits per heavy atom. The molecule has 7 nitrogen and oxygen atoms in total. The topological polar surface area (TPSA) is 94.6 Å². The summed E-state index contributed by atoms with van der Waals surface area (Å²) >= 11 is 0. The number of carbonyl (C=O) groups excluding carboxylic acids is 2. The molecule has 0 heterocycles. The Morgan fingerprint density at radius 1 is 1.10 bits per heavy atom. The Hall–Kier alpha value is -1.84. The minimum Gasteiger partial charge on any atom is -0.357 e. The Morgan fingerprint density at radius 3 is 2.38 bits per heavy atom. The van der Waals surface area contributed by atoms with Gasteiger partial charge in [-0.05, 0) is 51.3 Å². The van der Waals surface area contributed by atoms with Gasteiger partial charge in [0.1, 0.15) is 0 Å². The molecule has 2 amide bonds. The lowest BCUT2D eigenvalue weighted by atomic mass is 10.1. The van der Waals surface area contributed by atoms with Crippen LogP contribution in [0, 0.1) is 5.92 Å². The molecule has 0 atom stereocenters. The smallest absolute Gasteiger partial charge is 0.239 e. The molecule has 8 heteroatoms. The summed E-state index contributed by atoms with van der Waals surface area (Å²) in [5.41, 5.74) is 1.47. The lowest BCUT2D eigenvalue weighted by molar-refractivity contribution is -0.121. The largest absolute Gasteiger partial charge is 0.357 e. The van der Waals surface area contributed by atoms with Gasteiger partial charge < -0.3 is 21.3 Å². The standard InChI is InChI=1S/C21H35N5O2.HI/c1-7-22-20(24-14-19(28)26-21(4,5)6)23-13-16-9-8-10-17(12-16)25-18(27)11-15(2)3;/h8-10,12,15H,7,11,13-14H2,1-6H3,(H,25,27)(H,26,28)(H2,22,23,24);1H. The van der Waals surface area contributed by atoms with Crippen molar-refractivity contribution in [2.24, 2.45) is 10.9 Å². The summed E-state index contributed by atoms with van der Waals surface area (Å²) in [4.78, 5) is 28.4. The van der Waals surface area contributed by atoms with Crippen LogP contribution >= 0.6 is 24.0 Å². The molecule has 1 rings (SSSR count). The molecule has 4 N–H and O–H groups in total. The molecule has 0 saturated carbocycles. The number of nitrogens with zero attached hydrogens (tertiary/aromatic N) is 1. The maximum absolute atomic E-state index is 12.0. The van der Waals surface area contributed by atoms with Crippen molar-refractivity contribution in [2.45, 2.75) is 60.0 Å². The second-order valence-corrected chi connectivity index (χ2v) is 8.19. The number of halogens is 1. The Bertz CT molecular complexity index is 684. The van der Waals surface area contributed by atoms with Gasteiger partial charge >= 0.3 is 0 Å². The van der Waals surface area contributed by atoms with Crippen molar-refractivity contribution >= 4 is 47.4 Å². The van der Waals surface area contributed by atoms with Gasteiger partial charge in [0.05, 0.1) is 13.1 Å². The number of carbonyl (C=O) groups is 2. The second kappa shape index (κ2) is 13.4. The van der Waals surface area contributed by atoms with Crippen molar-refractivity contribution in [2.75, 3.05) is 18.4 Å². The summed E-state index contributed by atoms with van der Waals surface area (Å²) in [7, 11) is 0. The molecule has 29 heavy (non-hydrogen) atoms. The quantitative estimate of drug-likeness (QED) is 0.242. The van der Waals surface area contributed by atoms with Crippen LogP contribution in [0.15, 0.2) is 29.3 Å². The van der Waals surface area contributed by atoms with Crippen molar-refractivity contribution in [3.8, 4) is 0 Å². The average Bonchev–Trinajstić information content (AvgIpc) is 2.55. The van der Waals surface area contributed by atoms with Crippen molar-refractivity contribution in [3.05, 3.63) is 29.8 Å². The number of hydrogen-bond acceptors (Lipinski definition) is 3. The fourth-order valence-electron chi connectivity index (χ4n) is 2.47. The highest BCUT2D eigenvalue weighted by Gasteiger charge is 2.13. The Kier molecular flexibility index (Phi) is 12.5. The zero-order chi connectivity index (χ0) is 21.2. The third kappa shape index (κ3) is 13.1. The third-order valence-electron chi connectivity index (χ3n) is 3.50. The predicted octanol–water partition coefficient (Wildman–Crippen LogP) is 3.26. The molecular formula is C21H36IN5O2. The highest BCUT2D eigenvalue weighted by Crippen LogP contribution is 2.13. The molecule has 0 spiro atoms. The van der Waals surface area contributed by atoms with Gasteiger partial charge in [0.25, 0.3) is 0 Å².